The maximum Gasteiger partial charge on any atom is 0.321 e. The maximum atomic E-state index is 12.3. The Morgan fingerprint density at radius 3 is 2.89 bits per heavy atom. The SMILES string of the molecule is O=C(NCc1ccnc2ccccc12)Nc1cccc(N2CCNC2=O)c1. The predicted molar refractivity (Wildman–Crippen MR) is 105 cm³/mol. The van der Waals surface area contributed by atoms with Crippen LogP contribution in [0, 0.1) is 0 Å². The van der Waals surface area contributed by atoms with Gasteiger partial charge in [0.25, 0.3) is 0 Å². The molecule has 2 aromatic carbocycles. The molecule has 1 aromatic heterocycles. The quantitative estimate of drug-likeness (QED) is 0.667. The highest BCUT2D eigenvalue weighted by molar-refractivity contribution is 5.96. The minimum atomic E-state index is -0.307. The number of rotatable bonds is 4. The van der Waals surface area contributed by atoms with Crippen molar-refractivity contribution in [3.8, 4) is 0 Å². The molecule has 27 heavy (non-hydrogen) atoms. The fraction of sp³-hybridized carbons (Fsp3) is 0.150. The normalized spacial score (nSPS) is 13.5. The first-order valence-corrected chi connectivity index (χ1v) is 8.73. The fourth-order valence-corrected chi connectivity index (χ4v) is 3.13. The first-order chi connectivity index (χ1) is 13.2. The zero-order chi connectivity index (χ0) is 18.6. The maximum absolute atomic E-state index is 12.3. The molecule has 3 N–H and O–H groups in total. The highest BCUT2D eigenvalue weighted by Gasteiger charge is 2.21. The standard InChI is InChI=1S/C20H19N5O2/c26-19(23-13-14-8-9-21-18-7-2-1-6-17(14)18)24-15-4-3-5-16(12-15)25-11-10-22-20(25)27/h1-9,12H,10-11,13H2,(H,22,27)(H2,23,24,26). The monoisotopic (exact) mass is 361 g/mol. The summed E-state index contributed by atoms with van der Waals surface area (Å²) in [7, 11) is 0. The summed E-state index contributed by atoms with van der Waals surface area (Å²) in [6, 6.07) is 16.5. The lowest BCUT2D eigenvalue weighted by atomic mass is 10.1. The van der Waals surface area contributed by atoms with Crippen LogP contribution in [0.5, 0.6) is 0 Å². The number of amides is 4. The average molecular weight is 361 g/mol. The lowest BCUT2D eigenvalue weighted by Gasteiger charge is -2.15. The molecule has 0 radical (unpaired) electrons. The Labute approximate surface area is 156 Å². The van der Waals surface area contributed by atoms with Crippen LogP contribution in [0.3, 0.4) is 0 Å². The molecule has 3 aromatic rings. The average Bonchev–Trinajstić information content (AvgIpc) is 3.12. The van der Waals surface area contributed by atoms with Gasteiger partial charge >= 0.3 is 12.1 Å². The molecule has 1 fully saturated rings. The molecule has 136 valence electrons. The van der Waals surface area contributed by atoms with E-state index in [2.05, 4.69) is 20.9 Å². The molecule has 0 atom stereocenters. The van der Waals surface area contributed by atoms with E-state index in [1.165, 1.54) is 0 Å². The van der Waals surface area contributed by atoms with Crippen LogP contribution < -0.4 is 20.9 Å². The van der Waals surface area contributed by atoms with Crippen molar-refractivity contribution in [3.63, 3.8) is 0 Å². The van der Waals surface area contributed by atoms with Crippen LogP contribution in [0.2, 0.25) is 0 Å². The molecule has 1 aliphatic rings. The van der Waals surface area contributed by atoms with Crippen LogP contribution in [-0.2, 0) is 6.54 Å². The molecule has 4 rings (SSSR count). The van der Waals surface area contributed by atoms with Gasteiger partial charge in [0.15, 0.2) is 0 Å². The molecule has 4 amide bonds. The Balaban J connectivity index is 1.42. The second-order valence-electron chi connectivity index (χ2n) is 6.23. The summed E-state index contributed by atoms with van der Waals surface area (Å²) in [6.45, 7) is 1.63. The smallest absolute Gasteiger partial charge is 0.321 e. The zero-order valence-corrected chi connectivity index (χ0v) is 14.6. The Morgan fingerprint density at radius 1 is 1.15 bits per heavy atom. The van der Waals surface area contributed by atoms with E-state index in [-0.39, 0.29) is 12.1 Å². The highest BCUT2D eigenvalue weighted by Crippen LogP contribution is 2.21. The van der Waals surface area contributed by atoms with Crippen LogP contribution in [-0.4, -0.2) is 30.1 Å². The zero-order valence-electron chi connectivity index (χ0n) is 14.6. The van der Waals surface area contributed by atoms with Gasteiger partial charge in [-0.2, -0.15) is 0 Å². The number of nitrogens with one attached hydrogen (secondary N) is 3. The second-order valence-corrected chi connectivity index (χ2v) is 6.23. The van der Waals surface area contributed by atoms with Crippen LogP contribution in [0.25, 0.3) is 10.9 Å². The molecule has 0 bridgehead atoms. The number of hydrogen-bond donors (Lipinski definition) is 3. The number of nitrogens with zero attached hydrogens (tertiary/aromatic N) is 2. The number of hydrogen-bond acceptors (Lipinski definition) is 3. The van der Waals surface area contributed by atoms with Gasteiger partial charge in [0.1, 0.15) is 0 Å². The van der Waals surface area contributed by atoms with Crippen molar-refractivity contribution in [3.05, 3.63) is 66.4 Å². The predicted octanol–water partition coefficient (Wildman–Crippen LogP) is 3.09. The van der Waals surface area contributed by atoms with Crippen LogP contribution >= 0.6 is 0 Å². The van der Waals surface area contributed by atoms with E-state index >= 15 is 0 Å². The molecule has 7 nitrogen and oxygen atoms in total. The van der Waals surface area contributed by atoms with Gasteiger partial charge in [0, 0.05) is 42.6 Å². The highest BCUT2D eigenvalue weighted by atomic mass is 16.2. The summed E-state index contributed by atoms with van der Waals surface area (Å²) < 4.78 is 0. The van der Waals surface area contributed by atoms with E-state index in [0.29, 0.717) is 25.3 Å². The summed E-state index contributed by atoms with van der Waals surface area (Å²) in [4.78, 5) is 30.0. The van der Waals surface area contributed by atoms with Crippen LogP contribution in [0.1, 0.15) is 5.56 Å². The number of urea groups is 2. The van der Waals surface area contributed by atoms with Crippen molar-refractivity contribution in [2.45, 2.75) is 6.54 Å². The molecular formula is C20H19N5O2. The van der Waals surface area contributed by atoms with E-state index in [1.54, 1.807) is 23.2 Å². The third kappa shape index (κ3) is 3.67. The second kappa shape index (κ2) is 7.33. The van der Waals surface area contributed by atoms with Gasteiger partial charge in [-0.05, 0) is 35.9 Å². The summed E-state index contributed by atoms with van der Waals surface area (Å²) in [5, 5.41) is 9.46. The first-order valence-electron chi connectivity index (χ1n) is 8.73. The molecule has 0 spiro atoms. The number of carbonyl (C=O) groups excluding carboxylic acids is 2. The van der Waals surface area contributed by atoms with Crippen LogP contribution in [0.15, 0.2) is 60.8 Å². The molecule has 1 saturated heterocycles. The third-order valence-electron chi connectivity index (χ3n) is 4.45. The minimum Gasteiger partial charge on any atom is -0.336 e. The van der Waals surface area contributed by atoms with Gasteiger partial charge in [0.05, 0.1) is 5.52 Å². The Hall–Kier alpha value is -3.61. The Bertz CT molecular complexity index is 999. The van der Waals surface area contributed by atoms with Crippen molar-refractivity contribution < 1.29 is 9.59 Å². The summed E-state index contributed by atoms with van der Waals surface area (Å²) in [5.41, 5.74) is 3.28. The molecule has 2 heterocycles. The summed E-state index contributed by atoms with van der Waals surface area (Å²) in [6.07, 6.45) is 1.74. The molecular weight excluding hydrogens is 342 g/mol. The van der Waals surface area contributed by atoms with Crippen molar-refractivity contribution in [1.29, 1.82) is 0 Å². The topological polar surface area (TPSA) is 86.4 Å². The number of para-hydroxylation sites is 1. The van der Waals surface area contributed by atoms with Gasteiger partial charge in [-0.25, -0.2) is 9.59 Å². The summed E-state index contributed by atoms with van der Waals surface area (Å²) in [5.74, 6) is 0. The van der Waals surface area contributed by atoms with E-state index in [0.717, 1.165) is 22.2 Å². The third-order valence-corrected chi connectivity index (χ3v) is 4.45. The fourth-order valence-electron chi connectivity index (χ4n) is 3.13. The lowest BCUT2D eigenvalue weighted by Crippen LogP contribution is -2.29. The Morgan fingerprint density at radius 2 is 2.04 bits per heavy atom. The van der Waals surface area contributed by atoms with Gasteiger partial charge in [-0.1, -0.05) is 24.3 Å². The number of carbonyl (C=O) groups is 2. The van der Waals surface area contributed by atoms with Crippen molar-refractivity contribution in [1.82, 2.24) is 15.6 Å². The number of fused-ring (bicyclic) bond motifs is 1. The van der Waals surface area contributed by atoms with Gasteiger partial charge < -0.3 is 16.0 Å². The number of benzene rings is 2. The molecule has 0 unspecified atom stereocenters. The molecule has 1 aliphatic heterocycles. The lowest BCUT2D eigenvalue weighted by molar-refractivity contribution is 0.251. The summed E-state index contributed by atoms with van der Waals surface area (Å²) >= 11 is 0. The van der Waals surface area contributed by atoms with Gasteiger partial charge in [0.2, 0.25) is 0 Å². The largest absolute Gasteiger partial charge is 0.336 e. The minimum absolute atomic E-state index is 0.124. The van der Waals surface area contributed by atoms with E-state index in [4.69, 9.17) is 0 Å². The van der Waals surface area contributed by atoms with E-state index in [9.17, 15) is 9.59 Å². The van der Waals surface area contributed by atoms with E-state index < -0.39 is 0 Å². The number of pyridine rings is 1. The van der Waals surface area contributed by atoms with Crippen molar-refractivity contribution in [2.24, 2.45) is 0 Å². The molecule has 0 aliphatic carbocycles. The molecule has 7 heteroatoms. The van der Waals surface area contributed by atoms with Gasteiger partial charge in [-0.3, -0.25) is 9.88 Å². The van der Waals surface area contributed by atoms with Crippen LogP contribution in [0.4, 0.5) is 21.0 Å². The Kier molecular flexibility index (Phi) is 4.57. The van der Waals surface area contributed by atoms with Crippen molar-refractivity contribution >= 4 is 34.3 Å². The van der Waals surface area contributed by atoms with Crippen molar-refractivity contribution in [2.75, 3.05) is 23.3 Å². The van der Waals surface area contributed by atoms with E-state index in [1.807, 2.05) is 42.5 Å². The molecule has 0 saturated carbocycles. The first kappa shape index (κ1) is 16.8. The number of anilines is 2. The number of aromatic nitrogens is 1. The van der Waals surface area contributed by atoms with Gasteiger partial charge in [-0.15, -0.1) is 0 Å².